The predicted octanol–water partition coefficient (Wildman–Crippen LogP) is 3.20. The zero-order valence-corrected chi connectivity index (χ0v) is 13.7. The molecule has 2 rings (SSSR count). The third kappa shape index (κ3) is 5.04. The number of hydrogen-bond acceptors (Lipinski definition) is 3. The number of hydrogen-bond donors (Lipinski definition) is 1. The SMILES string of the molecule is CC(C)(C)NN(C(=O)Cc1ccccc1)C(=O)c1ccccc1. The predicted molar refractivity (Wildman–Crippen MR) is 90.7 cm³/mol. The average Bonchev–Trinajstić information content (AvgIpc) is 2.53. The maximum atomic E-state index is 12.7. The third-order valence-electron chi connectivity index (χ3n) is 3.12. The molecule has 0 unspecified atom stereocenters. The summed E-state index contributed by atoms with van der Waals surface area (Å²) in [5, 5.41) is 1.13. The minimum absolute atomic E-state index is 0.169. The van der Waals surface area contributed by atoms with Crippen molar-refractivity contribution in [2.24, 2.45) is 0 Å². The summed E-state index contributed by atoms with van der Waals surface area (Å²) in [5.41, 5.74) is 3.95. The number of nitrogens with one attached hydrogen (secondary N) is 1. The minimum atomic E-state index is -0.406. The van der Waals surface area contributed by atoms with Crippen molar-refractivity contribution in [3.05, 3.63) is 71.8 Å². The van der Waals surface area contributed by atoms with Crippen molar-refractivity contribution >= 4 is 11.8 Å². The van der Waals surface area contributed by atoms with E-state index >= 15 is 0 Å². The Morgan fingerprint density at radius 3 is 1.96 bits per heavy atom. The first-order valence-corrected chi connectivity index (χ1v) is 7.61. The van der Waals surface area contributed by atoms with Crippen LogP contribution in [0, 0.1) is 0 Å². The molecular weight excluding hydrogens is 288 g/mol. The van der Waals surface area contributed by atoms with Crippen LogP contribution in [-0.2, 0) is 11.2 Å². The van der Waals surface area contributed by atoms with Gasteiger partial charge in [0.25, 0.3) is 5.91 Å². The van der Waals surface area contributed by atoms with Crippen LogP contribution in [0.5, 0.6) is 0 Å². The Kier molecular flexibility index (Phi) is 5.29. The van der Waals surface area contributed by atoms with Gasteiger partial charge in [0.05, 0.1) is 6.42 Å². The fraction of sp³-hybridized carbons (Fsp3) is 0.263. The van der Waals surface area contributed by atoms with E-state index in [9.17, 15) is 9.59 Å². The molecule has 23 heavy (non-hydrogen) atoms. The molecule has 2 aromatic rings. The van der Waals surface area contributed by atoms with E-state index in [0.29, 0.717) is 5.56 Å². The number of carbonyl (C=O) groups excluding carboxylic acids is 2. The van der Waals surface area contributed by atoms with Gasteiger partial charge in [-0.2, -0.15) is 0 Å². The summed E-state index contributed by atoms with van der Waals surface area (Å²) in [4.78, 5) is 25.3. The van der Waals surface area contributed by atoms with Gasteiger partial charge in [-0.05, 0) is 38.5 Å². The van der Waals surface area contributed by atoms with Gasteiger partial charge in [-0.15, -0.1) is 0 Å². The van der Waals surface area contributed by atoms with Crippen molar-refractivity contribution in [2.75, 3.05) is 0 Å². The second-order valence-electron chi connectivity index (χ2n) is 6.42. The Morgan fingerprint density at radius 2 is 1.43 bits per heavy atom. The Hall–Kier alpha value is -2.46. The molecule has 0 saturated heterocycles. The molecule has 2 amide bonds. The van der Waals surface area contributed by atoms with Crippen molar-refractivity contribution in [3.63, 3.8) is 0 Å². The zero-order chi connectivity index (χ0) is 16.9. The number of nitrogens with zero attached hydrogens (tertiary/aromatic N) is 1. The van der Waals surface area contributed by atoms with E-state index in [2.05, 4.69) is 5.43 Å². The molecule has 0 aliphatic carbocycles. The van der Waals surface area contributed by atoms with Crippen LogP contribution in [-0.4, -0.2) is 22.4 Å². The van der Waals surface area contributed by atoms with Gasteiger partial charge in [0.2, 0.25) is 5.91 Å². The van der Waals surface area contributed by atoms with Crippen LogP contribution in [0.4, 0.5) is 0 Å². The Bertz CT molecular complexity index is 661. The average molecular weight is 310 g/mol. The van der Waals surface area contributed by atoms with Crippen LogP contribution < -0.4 is 5.43 Å². The van der Waals surface area contributed by atoms with Gasteiger partial charge in [-0.25, -0.2) is 10.4 Å². The van der Waals surface area contributed by atoms with Crippen molar-refractivity contribution in [1.29, 1.82) is 0 Å². The molecule has 0 fully saturated rings. The zero-order valence-electron chi connectivity index (χ0n) is 13.7. The first-order valence-electron chi connectivity index (χ1n) is 7.61. The smallest absolute Gasteiger partial charge is 0.273 e. The highest BCUT2D eigenvalue weighted by Crippen LogP contribution is 2.10. The Morgan fingerprint density at radius 1 is 0.913 bits per heavy atom. The molecule has 0 aliphatic rings. The molecule has 0 aliphatic heterocycles. The molecule has 0 bridgehead atoms. The molecule has 0 aromatic heterocycles. The highest BCUT2D eigenvalue weighted by atomic mass is 16.2. The van der Waals surface area contributed by atoms with Gasteiger partial charge in [0.15, 0.2) is 0 Å². The maximum absolute atomic E-state index is 12.7. The fourth-order valence-corrected chi connectivity index (χ4v) is 2.12. The highest BCUT2D eigenvalue weighted by Gasteiger charge is 2.27. The lowest BCUT2D eigenvalue weighted by atomic mass is 10.1. The van der Waals surface area contributed by atoms with E-state index in [0.717, 1.165) is 10.6 Å². The minimum Gasteiger partial charge on any atom is -0.273 e. The van der Waals surface area contributed by atoms with Gasteiger partial charge in [-0.1, -0.05) is 48.5 Å². The van der Waals surface area contributed by atoms with E-state index in [1.54, 1.807) is 24.3 Å². The van der Waals surface area contributed by atoms with E-state index < -0.39 is 5.54 Å². The molecule has 0 heterocycles. The molecule has 120 valence electrons. The molecule has 4 heteroatoms. The first kappa shape index (κ1) is 16.9. The van der Waals surface area contributed by atoms with Gasteiger partial charge in [0, 0.05) is 11.1 Å². The molecule has 1 N–H and O–H groups in total. The number of amides is 2. The van der Waals surface area contributed by atoms with Crippen molar-refractivity contribution in [2.45, 2.75) is 32.7 Å². The molecule has 0 atom stereocenters. The summed E-state index contributed by atoms with van der Waals surface area (Å²) in [6.07, 6.45) is 0.169. The number of carbonyl (C=O) groups is 2. The molecular formula is C19H22N2O2. The van der Waals surface area contributed by atoms with Crippen LogP contribution >= 0.6 is 0 Å². The summed E-state index contributed by atoms with van der Waals surface area (Å²) in [6.45, 7) is 5.73. The maximum Gasteiger partial charge on any atom is 0.275 e. The molecule has 0 radical (unpaired) electrons. The number of benzene rings is 2. The molecule has 4 nitrogen and oxygen atoms in total. The van der Waals surface area contributed by atoms with Crippen molar-refractivity contribution < 1.29 is 9.59 Å². The summed E-state index contributed by atoms with van der Waals surface area (Å²) < 4.78 is 0. The number of rotatable bonds is 4. The van der Waals surface area contributed by atoms with Gasteiger partial charge in [-0.3, -0.25) is 9.59 Å². The Balaban J connectivity index is 2.23. The topological polar surface area (TPSA) is 49.4 Å². The van der Waals surface area contributed by atoms with Crippen LogP contribution in [0.1, 0.15) is 36.7 Å². The second kappa shape index (κ2) is 7.20. The van der Waals surface area contributed by atoms with Gasteiger partial charge >= 0.3 is 0 Å². The summed E-state index contributed by atoms with van der Waals surface area (Å²) in [7, 11) is 0. The highest BCUT2D eigenvalue weighted by molar-refractivity contribution is 6.04. The summed E-state index contributed by atoms with van der Waals surface area (Å²) >= 11 is 0. The normalized spacial score (nSPS) is 11.1. The van der Waals surface area contributed by atoms with Crippen LogP contribution in [0.3, 0.4) is 0 Å². The van der Waals surface area contributed by atoms with Crippen molar-refractivity contribution in [1.82, 2.24) is 10.4 Å². The lowest BCUT2D eigenvalue weighted by Crippen LogP contribution is -2.55. The third-order valence-corrected chi connectivity index (χ3v) is 3.12. The quantitative estimate of drug-likeness (QED) is 0.882. The van der Waals surface area contributed by atoms with E-state index in [-0.39, 0.29) is 18.2 Å². The standard InChI is InChI=1S/C19H22N2O2/c1-19(2,3)20-21(18(23)16-12-8-5-9-13-16)17(22)14-15-10-6-4-7-11-15/h4-13,20H,14H2,1-3H3. The van der Waals surface area contributed by atoms with E-state index in [4.69, 9.17) is 0 Å². The first-order chi connectivity index (χ1) is 10.9. The second-order valence-corrected chi connectivity index (χ2v) is 6.42. The molecule has 0 spiro atoms. The van der Waals surface area contributed by atoms with E-state index in [1.165, 1.54) is 0 Å². The molecule has 2 aromatic carbocycles. The largest absolute Gasteiger partial charge is 0.275 e. The summed E-state index contributed by atoms with van der Waals surface area (Å²) in [5.74, 6) is -0.624. The Labute approximate surface area is 137 Å². The van der Waals surface area contributed by atoms with Gasteiger partial charge < -0.3 is 0 Å². The van der Waals surface area contributed by atoms with E-state index in [1.807, 2.05) is 57.2 Å². The summed E-state index contributed by atoms with van der Waals surface area (Å²) in [6, 6.07) is 18.2. The lowest BCUT2D eigenvalue weighted by Gasteiger charge is -2.30. The monoisotopic (exact) mass is 310 g/mol. The van der Waals surface area contributed by atoms with Gasteiger partial charge in [0.1, 0.15) is 0 Å². The van der Waals surface area contributed by atoms with Crippen LogP contribution in [0.2, 0.25) is 0 Å². The lowest BCUT2D eigenvalue weighted by molar-refractivity contribution is -0.131. The van der Waals surface area contributed by atoms with Crippen LogP contribution in [0.25, 0.3) is 0 Å². The van der Waals surface area contributed by atoms with Crippen LogP contribution in [0.15, 0.2) is 60.7 Å². The molecule has 0 saturated carbocycles. The van der Waals surface area contributed by atoms with Crippen molar-refractivity contribution in [3.8, 4) is 0 Å². The number of imide groups is 1. The fourth-order valence-electron chi connectivity index (χ4n) is 2.12. The number of hydrazine groups is 1.